The second kappa shape index (κ2) is 5.24. The molecule has 2 aliphatic heterocycles. The van der Waals surface area contributed by atoms with Gasteiger partial charge in [0.25, 0.3) is 5.79 Å². The first-order chi connectivity index (χ1) is 11.6. The molecule has 4 heteroatoms. The van der Waals surface area contributed by atoms with Crippen molar-refractivity contribution in [3.05, 3.63) is 67.6 Å². The molecule has 1 saturated carbocycles. The molecule has 5 rings (SSSR count). The van der Waals surface area contributed by atoms with Crippen molar-refractivity contribution in [1.82, 2.24) is 0 Å². The second-order valence-electron chi connectivity index (χ2n) is 6.38. The van der Waals surface area contributed by atoms with Crippen molar-refractivity contribution >= 4 is 44.0 Å². The number of hydrogen-bond donors (Lipinski definition) is 0. The molecule has 0 N–H and O–H groups in total. The van der Waals surface area contributed by atoms with Crippen molar-refractivity contribution in [2.45, 2.75) is 25.0 Å². The molecule has 2 nitrogen and oxygen atoms in total. The van der Waals surface area contributed by atoms with Crippen LogP contribution < -0.4 is 9.47 Å². The average molecular weight is 446 g/mol. The molecule has 1 spiro atoms. The lowest BCUT2D eigenvalue weighted by atomic mass is 9.79. The third-order valence-corrected chi connectivity index (χ3v) is 5.83. The predicted molar refractivity (Wildman–Crippen MR) is 102 cm³/mol. The largest absolute Gasteiger partial charge is 0.444 e. The summed E-state index contributed by atoms with van der Waals surface area (Å²) in [5.41, 5.74) is 4.63. The summed E-state index contributed by atoms with van der Waals surface area (Å²) in [5.74, 6) is 0.977. The molecular formula is C20H14Br2O2. The van der Waals surface area contributed by atoms with Crippen LogP contribution in [0.4, 0.5) is 0 Å². The van der Waals surface area contributed by atoms with Crippen LogP contribution in [0.2, 0.25) is 0 Å². The molecular weight excluding hydrogens is 432 g/mol. The summed E-state index contributed by atoms with van der Waals surface area (Å²) in [6.07, 6.45) is 7.59. The van der Waals surface area contributed by atoms with Crippen molar-refractivity contribution in [2.24, 2.45) is 0 Å². The first-order valence-corrected chi connectivity index (χ1v) is 9.62. The molecule has 0 bridgehead atoms. The van der Waals surface area contributed by atoms with E-state index in [1.165, 1.54) is 11.1 Å². The van der Waals surface area contributed by atoms with Gasteiger partial charge in [-0.3, -0.25) is 0 Å². The molecule has 0 aromatic heterocycles. The van der Waals surface area contributed by atoms with E-state index in [1.807, 2.05) is 24.3 Å². The third kappa shape index (κ3) is 2.12. The van der Waals surface area contributed by atoms with Crippen molar-refractivity contribution in [2.75, 3.05) is 0 Å². The smallest absolute Gasteiger partial charge is 0.297 e. The lowest BCUT2D eigenvalue weighted by molar-refractivity contribution is -0.0620. The normalized spacial score (nSPS) is 19.4. The zero-order valence-electron chi connectivity index (χ0n) is 12.8. The van der Waals surface area contributed by atoms with Crippen LogP contribution in [0.1, 0.15) is 30.4 Å². The van der Waals surface area contributed by atoms with Gasteiger partial charge in [0.1, 0.15) is 11.5 Å². The molecule has 0 radical (unpaired) electrons. The first kappa shape index (κ1) is 14.8. The van der Waals surface area contributed by atoms with Gasteiger partial charge >= 0.3 is 0 Å². The van der Waals surface area contributed by atoms with Crippen molar-refractivity contribution < 1.29 is 9.47 Å². The molecule has 0 saturated heterocycles. The average Bonchev–Trinajstić information content (AvgIpc) is 2.57. The molecule has 1 fully saturated rings. The summed E-state index contributed by atoms with van der Waals surface area (Å²) in [6, 6.07) is 12.2. The molecule has 0 amide bonds. The van der Waals surface area contributed by atoms with E-state index in [0.29, 0.717) is 0 Å². The molecule has 0 unspecified atom stereocenters. The van der Waals surface area contributed by atoms with Crippen molar-refractivity contribution in [3.63, 3.8) is 0 Å². The fourth-order valence-electron chi connectivity index (χ4n) is 3.76. The van der Waals surface area contributed by atoms with Crippen LogP contribution in [0.5, 0.6) is 11.5 Å². The number of hydrogen-bond acceptors (Lipinski definition) is 2. The van der Waals surface area contributed by atoms with Crippen molar-refractivity contribution in [3.8, 4) is 11.5 Å². The van der Waals surface area contributed by atoms with Crippen LogP contribution in [-0.2, 0) is 0 Å². The summed E-state index contributed by atoms with van der Waals surface area (Å²) in [4.78, 5) is 0. The van der Waals surface area contributed by atoms with Gasteiger partial charge in [-0.1, -0.05) is 31.9 Å². The molecule has 2 heterocycles. The highest BCUT2D eigenvalue weighted by Gasteiger charge is 2.49. The summed E-state index contributed by atoms with van der Waals surface area (Å²) in [7, 11) is 0. The maximum atomic E-state index is 6.48. The fraction of sp³-hybridized carbons (Fsp3) is 0.200. The summed E-state index contributed by atoms with van der Waals surface area (Å²) >= 11 is 7.08. The van der Waals surface area contributed by atoms with Gasteiger partial charge in [-0.2, -0.15) is 0 Å². The number of fused-ring (bicyclic) bond motifs is 2. The summed E-state index contributed by atoms with van der Waals surface area (Å²) < 4.78 is 15.1. The lowest BCUT2D eigenvalue weighted by Gasteiger charge is -2.45. The van der Waals surface area contributed by atoms with Gasteiger partial charge in [0.05, 0.1) is 0 Å². The van der Waals surface area contributed by atoms with Gasteiger partial charge in [-0.05, 0) is 67.8 Å². The molecule has 3 aliphatic rings. The minimum Gasteiger partial charge on any atom is -0.444 e. The van der Waals surface area contributed by atoms with Gasteiger partial charge in [0, 0.05) is 31.2 Å². The summed E-state index contributed by atoms with van der Waals surface area (Å²) in [6.45, 7) is 0. The van der Waals surface area contributed by atoms with Gasteiger partial charge < -0.3 is 9.47 Å². The molecule has 24 heavy (non-hydrogen) atoms. The number of rotatable bonds is 0. The Hall–Kier alpha value is -1.52. The Morgan fingerprint density at radius 3 is 1.75 bits per heavy atom. The van der Waals surface area contributed by atoms with Gasteiger partial charge in [-0.25, -0.2) is 0 Å². The van der Waals surface area contributed by atoms with E-state index in [0.717, 1.165) is 50.8 Å². The fourth-order valence-corrected chi connectivity index (χ4v) is 4.51. The van der Waals surface area contributed by atoms with Gasteiger partial charge in [0.15, 0.2) is 0 Å². The zero-order chi connectivity index (χ0) is 16.3. The molecule has 0 atom stereocenters. The van der Waals surface area contributed by atoms with Crippen molar-refractivity contribution in [1.29, 1.82) is 0 Å². The number of halogens is 2. The van der Waals surface area contributed by atoms with Crippen LogP contribution in [0.3, 0.4) is 0 Å². The zero-order valence-corrected chi connectivity index (χ0v) is 16.0. The highest BCUT2D eigenvalue weighted by atomic mass is 79.9. The molecule has 2 aromatic rings. The minimum absolute atomic E-state index is 0.764. The minimum atomic E-state index is -0.764. The van der Waals surface area contributed by atoms with E-state index in [2.05, 4.69) is 56.1 Å². The Balaban J connectivity index is 1.69. The second-order valence-corrected chi connectivity index (χ2v) is 8.21. The Kier molecular flexibility index (Phi) is 3.23. The molecule has 120 valence electrons. The predicted octanol–water partition coefficient (Wildman–Crippen LogP) is 6.34. The third-order valence-electron chi connectivity index (χ3n) is 4.85. The quantitative estimate of drug-likeness (QED) is 0.470. The van der Waals surface area contributed by atoms with Crippen LogP contribution in [-0.4, -0.2) is 5.79 Å². The maximum absolute atomic E-state index is 6.48. The monoisotopic (exact) mass is 444 g/mol. The van der Waals surface area contributed by atoms with E-state index in [-0.39, 0.29) is 0 Å². The van der Waals surface area contributed by atoms with Crippen LogP contribution in [0.25, 0.3) is 12.2 Å². The van der Waals surface area contributed by atoms with E-state index >= 15 is 0 Å². The van der Waals surface area contributed by atoms with E-state index in [4.69, 9.17) is 9.47 Å². The number of benzene rings is 2. The van der Waals surface area contributed by atoms with Crippen LogP contribution in [0.15, 0.2) is 56.5 Å². The standard InChI is InChI=1S/C20H14Br2O2/c21-16-4-6-18-12(10-16)8-14-2-1-3-15-9-13-11-17(22)5-7-19(13)24-20(14,15)23-18/h4-11H,1-3H2. The number of ether oxygens (including phenoxy) is 2. The Morgan fingerprint density at radius 2 is 1.25 bits per heavy atom. The van der Waals surface area contributed by atoms with Gasteiger partial charge in [-0.15, -0.1) is 0 Å². The first-order valence-electron chi connectivity index (χ1n) is 8.03. The van der Waals surface area contributed by atoms with Gasteiger partial charge in [0.2, 0.25) is 0 Å². The molecule has 2 aromatic carbocycles. The van der Waals surface area contributed by atoms with Crippen LogP contribution >= 0.6 is 31.9 Å². The Labute approximate surface area is 157 Å². The lowest BCUT2D eigenvalue weighted by Crippen LogP contribution is -2.50. The van der Waals surface area contributed by atoms with E-state index < -0.39 is 5.79 Å². The van der Waals surface area contributed by atoms with E-state index in [1.54, 1.807) is 0 Å². The highest BCUT2D eigenvalue weighted by Crippen LogP contribution is 2.51. The molecule has 1 aliphatic carbocycles. The SMILES string of the molecule is Brc1ccc2c(c1)C=C1CCCC3=Cc4cc(Br)ccc4OC13O2. The Bertz CT molecular complexity index is 852. The summed E-state index contributed by atoms with van der Waals surface area (Å²) in [5, 5.41) is 0. The topological polar surface area (TPSA) is 18.5 Å². The maximum Gasteiger partial charge on any atom is 0.297 e. The van der Waals surface area contributed by atoms with E-state index in [9.17, 15) is 0 Å². The van der Waals surface area contributed by atoms with Crippen LogP contribution in [0, 0.1) is 0 Å². The highest BCUT2D eigenvalue weighted by molar-refractivity contribution is 9.10. The Morgan fingerprint density at radius 1 is 0.750 bits per heavy atom.